The summed E-state index contributed by atoms with van der Waals surface area (Å²) < 4.78 is 21.2. The molecule has 0 unspecified atom stereocenters. The number of hydrogen-bond acceptors (Lipinski definition) is 8. The minimum atomic E-state index is -1.01. The summed E-state index contributed by atoms with van der Waals surface area (Å²) in [5.74, 6) is -0.388. The molecule has 34 heavy (non-hydrogen) atoms. The average molecular weight is 504 g/mol. The number of benzene rings is 1. The Morgan fingerprint density at radius 3 is 1.74 bits per heavy atom. The molecule has 0 spiro atoms. The Bertz CT molecular complexity index is 1200. The molecule has 0 saturated carbocycles. The van der Waals surface area contributed by atoms with E-state index in [0.717, 1.165) is 29.7 Å². The van der Waals surface area contributed by atoms with Crippen molar-refractivity contribution in [1.29, 1.82) is 0 Å². The van der Waals surface area contributed by atoms with Gasteiger partial charge >= 0.3 is 20.9 Å². The van der Waals surface area contributed by atoms with Gasteiger partial charge in [-0.3, -0.25) is 0 Å². The number of fused-ring (bicyclic) bond motifs is 3. The van der Waals surface area contributed by atoms with Gasteiger partial charge in [0.1, 0.15) is 0 Å². The molecule has 2 heterocycles. The van der Waals surface area contributed by atoms with Gasteiger partial charge < -0.3 is 24.3 Å². The largest absolute Gasteiger partial charge is 0.465 e. The van der Waals surface area contributed by atoms with Gasteiger partial charge in [0.2, 0.25) is 0 Å². The maximum Gasteiger partial charge on any atom is 0.338 e. The minimum Gasteiger partial charge on any atom is -0.465 e. The number of esters is 1. The smallest absolute Gasteiger partial charge is 0.338 e. The van der Waals surface area contributed by atoms with E-state index in [1.165, 1.54) is 7.11 Å². The predicted octanol–water partition coefficient (Wildman–Crippen LogP) is 2.99. The Labute approximate surface area is 210 Å². The fourth-order valence-corrected chi connectivity index (χ4v) is 5.37. The summed E-state index contributed by atoms with van der Waals surface area (Å²) in [6.07, 6.45) is 0. The molecule has 1 aromatic carbocycles. The molecule has 2 aromatic heterocycles. The second-order valence-corrected chi connectivity index (χ2v) is 13.0. The molecule has 184 valence electrons. The van der Waals surface area contributed by atoms with E-state index in [-0.39, 0.29) is 5.97 Å². The molecular formula is C24H34B2O6S2. The van der Waals surface area contributed by atoms with Crippen LogP contribution in [0.25, 0.3) is 20.2 Å². The lowest BCUT2D eigenvalue weighted by molar-refractivity contribution is -0.0892. The van der Waals surface area contributed by atoms with E-state index in [1.54, 1.807) is 50.4 Å². The zero-order valence-corrected chi connectivity index (χ0v) is 23.1. The molecule has 3 rings (SSSR count). The Kier molecular flexibility index (Phi) is 7.37. The van der Waals surface area contributed by atoms with Crippen LogP contribution >= 0.6 is 22.7 Å². The SMILES string of the molecule is COC(=O)c1cc2cc(BOC(C)(C)C(C)(C)O)sc2c2sc(BOC(C)(C)C(C)(C)O)cc12. The van der Waals surface area contributed by atoms with E-state index in [1.807, 2.05) is 45.9 Å². The third-order valence-electron chi connectivity index (χ3n) is 6.89. The Hall–Kier alpha value is -1.42. The lowest BCUT2D eigenvalue weighted by Gasteiger charge is -2.37. The van der Waals surface area contributed by atoms with Crippen LogP contribution in [0, 0.1) is 0 Å². The number of ether oxygens (including phenoxy) is 1. The van der Waals surface area contributed by atoms with Crippen LogP contribution < -0.4 is 9.55 Å². The van der Waals surface area contributed by atoms with E-state index in [9.17, 15) is 15.0 Å². The van der Waals surface area contributed by atoms with Crippen molar-refractivity contribution in [3.63, 3.8) is 0 Å². The van der Waals surface area contributed by atoms with Crippen molar-refractivity contribution in [2.45, 2.75) is 77.8 Å². The summed E-state index contributed by atoms with van der Waals surface area (Å²) >= 11 is 3.19. The lowest BCUT2D eigenvalue weighted by atomic mass is 9.86. The number of carbonyl (C=O) groups excluding carboxylic acids is 1. The molecule has 10 heteroatoms. The fraction of sp³-hybridized carbons (Fsp3) is 0.542. The lowest BCUT2D eigenvalue weighted by Crippen LogP contribution is -2.49. The normalized spacial score (nSPS) is 13.5. The minimum absolute atomic E-state index is 0.319. The highest BCUT2D eigenvalue weighted by molar-refractivity contribution is 7.34. The van der Waals surface area contributed by atoms with Crippen LogP contribution in [0.3, 0.4) is 0 Å². The van der Waals surface area contributed by atoms with Gasteiger partial charge in [0.05, 0.1) is 44.5 Å². The van der Waals surface area contributed by atoms with Gasteiger partial charge in [-0.2, -0.15) is 0 Å². The molecule has 3 aromatic rings. The average Bonchev–Trinajstić information content (AvgIpc) is 3.31. The van der Waals surface area contributed by atoms with Crippen LogP contribution in [-0.4, -0.2) is 60.7 Å². The molecule has 0 aliphatic carbocycles. The summed E-state index contributed by atoms with van der Waals surface area (Å²) in [4.78, 5) is 12.6. The van der Waals surface area contributed by atoms with Gasteiger partial charge in [0, 0.05) is 14.9 Å². The summed E-state index contributed by atoms with van der Waals surface area (Å²) in [5, 5.41) is 22.6. The summed E-state index contributed by atoms with van der Waals surface area (Å²) in [7, 11) is 2.05. The van der Waals surface area contributed by atoms with Crippen molar-refractivity contribution in [3.05, 3.63) is 23.8 Å². The summed E-state index contributed by atoms with van der Waals surface area (Å²) in [6.45, 7) is 14.4. The summed E-state index contributed by atoms with van der Waals surface area (Å²) in [5.41, 5.74) is -2.96. The molecule has 0 radical (unpaired) electrons. The Morgan fingerprint density at radius 1 is 0.794 bits per heavy atom. The highest BCUT2D eigenvalue weighted by Crippen LogP contribution is 2.35. The molecule has 0 aliphatic heterocycles. The van der Waals surface area contributed by atoms with E-state index in [2.05, 4.69) is 0 Å². The molecule has 0 bridgehead atoms. The van der Waals surface area contributed by atoms with Crippen LogP contribution in [-0.2, 0) is 14.0 Å². The van der Waals surface area contributed by atoms with Gasteiger partial charge in [-0.25, -0.2) is 4.79 Å². The monoisotopic (exact) mass is 504 g/mol. The fourth-order valence-electron chi connectivity index (χ4n) is 3.06. The van der Waals surface area contributed by atoms with Gasteiger partial charge in [-0.15, -0.1) is 22.7 Å². The highest BCUT2D eigenvalue weighted by atomic mass is 32.1. The van der Waals surface area contributed by atoms with Crippen molar-refractivity contribution in [2.24, 2.45) is 0 Å². The van der Waals surface area contributed by atoms with Crippen molar-refractivity contribution < 1.29 is 29.1 Å². The van der Waals surface area contributed by atoms with Crippen molar-refractivity contribution >= 4 is 73.3 Å². The molecule has 2 N–H and O–H groups in total. The van der Waals surface area contributed by atoms with E-state index in [0.29, 0.717) is 20.5 Å². The number of methoxy groups -OCH3 is 1. The molecular weight excluding hydrogens is 470 g/mol. The molecule has 0 atom stereocenters. The van der Waals surface area contributed by atoms with Crippen LogP contribution in [0.2, 0.25) is 0 Å². The van der Waals surface area contributed by atoms with Gasteiger partial charge in [0.25, 0.3) is 0 Å². The van der Waals surface area contributed by atoms with Crippen LogP contribution in [0.15, 0.2) is 18.2 Å². The first kappa shape index (κ1) is 27.2. The zero-order chi connectivity index (χ0) is 25.7. The number of carbonyl (C=O) groups is 1. The Balaban J connectivity index is 2.00. The van der Waals surface area contributed by atoms with E-state index in [4.69, 9.17) is 14.0 Å². The van der Waals surface area contributed by atoms with Crippen molar-refractivity contribution in [3.8, 4) is 0 Å². The third kappa shape index (κ3) is 5.37. The van der Waals surface area contributed by atoms with Gasteiger partial charge in [-0.1, -0.05) is 0 Å². The molecule has 0 saturated heterocycles. The molecule has 0 aliphatic rings. The topological polar surface area (TPSA) is 85.2 Å². The number of aliphatic hydroxyl groups is 2. The maximum atomic E-state index is 12.6. The first-order chi connectivity index (χ1) is 15.5. The van der Waals surface area contributed by atoms with E-state index < -0.39 is 22.4 Å². The van der Waals surface area contributed by atoms with E-state index >= 15 is 0 Å². The molecule has 0 amide bonds. The van der Waals surface area contributed by atoms with Gasteiger partial charge in [-0.05, 0) is 79.0 Å². The number of hydrogen-bond donors (Lipinski definition) is 2. The first-order valence-corrected chi connectivity index (χ1v) is 12.9. The second-order valence-electron chi connectivity index (χ2n) is 10.7. The quantitative estimate of drug-likeness (QED) is 0.345. The Morgan fingerprint density at radius 2 is 1.26 bits per heavy atom. The van der Waals surface area contributed by atoms with Crippen LogP contribution in [0.1, 0.15) is 65.7 Å². The van der Waals surface area contributed by atoms with Gasteiger partial charge in [0.15, 0.2) is 0 Å². The number of rotatable bonds is 9. The predicted molar refractivity (Wildman–Crippen MR) is 145 cm³/mol. The maximum absolute atomic E-state index is 12.6. The number of thiophene rings is 2. The summed E-state index contributed by atoms with van der Waals surface area (Å²) in [6, 6.07) is 5.86. The third-order valence-corrected chi connectivity index (χ3v) is 9.29. The van der Waals surface area contributed by atoms with Crippen molar-refractivity contribution in [2.75, 3.05) is 7.11 Å². The second kappa shape index (κ2) is 9.22. The molecule has 0 fully saturated rings. The first-order valence-electron chi connectivity index (χ1n) is 11.3. The molecule has 6 nitrogen and oxygen atoms in total. The van der Waals surface area contributed by atoms with Crippen molar-refractivity contribution in [1.82, 2.24) is 0 Å². The van der Waals surface area contributed by atoms with Crippen LogP contribution in [0.4, 0.5) is 0 Å². The zero-order valence-electron chi connectivity index (χ0n) is 21.5. The standard InChI is InChI=1S/C24H34B2O6S2/c1-21(2,28)23(5,6)31-25-16-11-13-10-15(20(27)30-9)14-12-17(34-19(14)18(13)33-16)26-32-24(7,8)22(3,4)29/h10-12,25-26,28-29H,1-9H3. The van der Waals surface area contributed by atoms with Crippen LogP contribution in [0.5, 0.6) is 0 Å². The highest BCUT2D eigenvalue weighted by Gasteiger charge is 2.37.